The molecule has 3 aromatic rings. The van der Waals surface area contributed by atoms with Crippen LogP contribution in [0.25, 0.3) is 0 Å². The zero-order valence-corrected chi connectivity index (χ0v) is 16.1. The number of aryl methyl sites for hydroxylation is 1. The van der Waals surface area contributed by atoms with Gasteiger partial charge >= 0.3 is 0 Å². The summed E-state index contributed by atoms with van der Waals surface area (Å²) >= 11 is 0. The molecule has 1 atom stereocenters. The van der Waals surface area contributed by atoms with Gasteiger partial charge in [0.25, 0.3) is 0 Å². The van der Waals surface area contributed by atoms with Crippen LogP contribution in [0.5, 0.6) is 11.5 Å². The van der Waals surface area contributed by atoms with Crippen LogP contribution in [0, 0.1) is 0 Å². The van der Waals surface area contributed by atoms with Gasteiger partial charge in [-0.05, 0) is 48.2 Å². The fourth-order valence-electron chi connectivity index (χ4n) is 3.05. The molecule has 0 fully saturated rings. The largest absolute Gasteiger partial charge is 0.497 e. The lowest BCUT2D eigenvalue weighted by Gasteiger charge is -2.17. The first-order valence-corrected chi connectivity index (χ1v) is 8.99. The number of nitrogens with zero attached hydrogens (tertiary/aromatic N) is 3. The predicted molar refractivity (Wildman–Crippen MR) is 105 cm³/mol. The van der Waals surface area contributed by atoms with Crippen LogP contribution < -0.4 is 14.8 Å². The zero-order valence-electron chi connectivity index (χ0n) is 16.1. The van der Waals surface area contributed by atoms with E-state index < -0.39 is 5.92 Å². The quantitative estimate of drug-likeness (QED) is 0.622. The van der Waals surface area contributed by atoms with Gasteiger partial charge in [-0.3, -0.25) is 4.79 Å². The molecule has 146 valence electrons. The molecular weight excluding hydrogens is 358 g/mol. The number of carbonyl (C=O) groups is 1. The summed E-state index contributed by atoms with van der Waals surface area (Å²) in [6, 6.07) is 13.2. The third kappa shape index (κ3) is 4.28. The Morgan fingerprint density at radius 2 is 1.96 bits per heavy atom. The molecular formula is C20H23N5O3. The minimum absolute atomic E-state index is 0.216. The van der Waals surface area contributed by atoms with Gasteiger partial charge in [0.1, 0.15) is 17.4 Å². The predicted octanol–water partition coefficient (Wildman–Crippen LogP) is 2.74. The normalized spacial score (nSPS) is 11.7. The van der Waals surface area contributed by atoms with E-state index in [4.69, 9.17) is 9.47 Å². The average Bonchev–Trinajstić information content (AvgIpc) is 3.26. The molecule has 1 heterocycles. The van der Waals surface area contributed by atoms with Gasteiger partial charge in [-0.2, -0.15) is 5.21 Å². The monoisotopic (exact) mass is 381 g/mol. The third-order valence-electron chi connectivity index (χ3n) is 4.56. The maximum atomic E-state index is 13.1. The number of para-hydroxylation sites is 1. The number of amides is 1. The summed E-state index contributed by atoms with van der Waals surface area (Å²) in [6.45, 7) is 2.04. The number of tetrazole rings is 1. The van der Waals surface area contributed by atoms with E-state index in [9.17, 15) is 4.79 Å². The van der Waals surface area contributed by atoms with Crippen molar-refractivity contribution in [3.63, 3.8) is 0 Å². The molecule has 0 radical (unpaired) electrons. The summed E-state index contributed by atoms with van der Waals surface area (Å²) in [7, 11) is 3.18. The Labute approximate surface area is 163 Å². The van der Waals surface area contributed by atoms with Crippen LogP contribution in [-0.4, -0.2) is 40.8 Å². The number of methoxy groups -OCH3 is 2. The van der Waals surface area contributed by atoms with Crippen LogP contribution in [0.15, 0.2) is 42.5 Å². The van der Waals surface area contributed by atoms with Crippen molar-refractivity contribution >= 4 is 11.6 Å². The first-order valence-electron chi connectivity index (χ1n) is 8.99. The number of aromatic amines is 1. The van der Waals surface area contributed by atoms with E-state index in [2.05, 4.69) is 25.9 Å². The Morgan fingerprint density at radius 3 is 2.64 bits per heavy atom. The van der Waals surface area contributed by atoms with Crippen LogP contribution in [0.1, 0.15) is 29.8 Å². The van der Waals surface area contributed by atoms with Gasteiger partial charge in [0, 0.05) is 5.69 Å². The Bertz CT molecular complexity index is 927. The van der Waals surface area contributed by atoms with E-state index in [1.807, 2.05) is 49.4 Å². The number of H-pyrrole nitrogens is 1. The molecule has 0 saturated carbocycles. The fraction of sp³-hybridized carbons (Fsp3) is 0.300. The second-order valence-corrected chi connectivity index (χ2v) is 6.20. The molecule has 0 unspecified atom stereocenters. The van der Waals surface area contributed by atoms with E-state index in [-0.39, 0.29) is 5.91 Å². The highest BCUT2D eigenvalue weighted by Crippen LogP contribution is 2.29. The molecule has 0 aliphatic carbocycles. The van der Waals surface area contributed by atoms with E-state index in [1.54, 1.807) is 14.2 Å². The Morgan fingerprint density at radius 1 is 1.14 bits per heavy atom. The lowest BCUT2D eigenvalue weighted by atomic mass is 9.96. The molecule has 2 aromatic carbocycles. The van der Waals surface area contributed by atoms with Crippen molar-refractivity contribution < 1.29 is 14.3 Å². The van der Waals surface area contributed by atoms with Crippen molar-refractivity contribution in [3.8, 4) is 11.5 Å². The summed E-state index contributed by atoms with van der Waals surface area (Å²) in [4.78, 5) is 13.1. The highest BCUT2D eigenvalue weighted by molar-refractivity contribution is 5.96. The van der Waals surface area contributed by atoms with Gasteiger partial charge < -0.3 is 14.8 Å². The van der Waals surface area contributed by atoms with Crippen molar-refractivity contribution in [1.29, 1.82) is 0 Å². The molecule has 3 rings (SSSR count). The average molecular weight is 381 g/mol. The first-order chi connectivity index (χ1) is 13.7. The van der Waals surface area contributed by atoms with Crippen molar-refractivity contribution in [2.75, 3.05) is 19.5 Å². The van der Waals surface area contributed by atoms with Crippen LogP contribution >= 0.6 is 0 Å². The molecule has 1 amide bonds. The number of aromatic nitrogens is 4. The van der Waals surface area contributed by atoms with E-state index in [0.29, 0.717) is 23.7 Å². The molecule has 8 nitrogen and oxygen atoms in total. The standard InChI is InChI=1S/C20H23N5O3/c1-4-13-7-5-6-8-17(13)21-20(26)16(19-22-24-25-23-19)12-14-11-15(27-2)9-10-18(14)28-3/h5-11,16H,4,12H2,1-3H3,(H,21,26)(H,22,23,24,25)/t16-/m1/s1. The van der Waals surface area contributed by atoms with Gasteiger partial charge in [-0.1, -0.05) is 30.3 Å². The van der Waals surface area contributed by atoms with Gasteiger partial charge in [0.15, 0.2) is 5.82 Å². The van der Waals surface area contributed by atoms with Gasteiger partial charge in [0.2, 0.25) is 5.91 Å². The number of rotatable bonds is 8. The number of hydrogen-bond donors (Lipinski definition) is 2. The van der Waals surface area contributed by atoms with Gasteiger partial charge in [-0.15, -0.1) is 10.2 Å². The van der Waals surface area contributed by atoms with Crippen LogP contribution in [-0.2, 0) is 17.6 Å². The topological polar surface area (TPSA) is 102 Å². The lowest BCUT2D eigenvalue weighted by molar-refractivity contribution is -0.117. The van der Waals surface area contributed by atoms with Crippen LogP contribution in [0.2, 0.25) is 0 Å². The van der Waals surface area contributed by atoms with Crippen molar-refractivity contribution in [2.24, 2.45) is 0 Å². The number of benzene rings is 2. The summed E-state index contributed by atoms with van der Waals surface area (Å²) in [5.41, 5.74) is 2.65. The number of ether oxygens (including phenoxy) is 2. The molecule has 0 aliphatic heterocycles. The maximum absolute atomic E-state index is 13.1. The Kier molecular flexibility index (Phi) is 6.21. The van der Waals surface area contributed by atoms with E-state index in [1.165, 1.54) is 0 Å². The lowest BCUT2D eigenvalue weighted by Crippen LogP contribution is -2.25. The summed E-state index contributed by atoms with van der Waals surface area (Å²) in [5.74, 6) is 0.795. The molecule has 0 aliphatic rings. The van der Waals surface area contributed by atoms with Crippen molar-refractivity contribution in [2.45, 2.75) is 25.7 Å². The van der Waals surface area contributed by atoms with Crippen molar-refractivity contribution in [1.82, 2.24) is 20.6 Å². The van der Waals surface area contributed by atoms with Crippen LogP contribution in [0.3, 0.4) is 0 Å². The molecule has 8 heteroatoms. The van der Waals surface area contributed by atoms with Gasteiger partial charge in [-0.25, -0.2) is 0 Å². The highest BCUT2D eigenvalue weighted by Gasteiger charge is 2.27. The van der Waals surface area contributed by atoms with Gasteiger partial charge in [0.05, 0.1) is 14.2 Å². The SMILES string of the molecule is CCc1ccccc1NC(=O)[C@H](Cc1cc(OC)ccc1OC)c1nn[nH]n1. The summed E-state index contributed by atoms with van der Waals surface area (Å²) in [5, 5.41) is 17.1. The zero-order chi connectivity index (χ0) is 19.9. The summed E-state index contributed by atoms with van der Waals surface area (Å²) in [6.07, 6.45) is 1.15. The second-order valence-electron chi connectivity index (χ2n) is 6.20. The number of hydrogen-bond acceptors (Lipinski definition) is 6. The van der Waals surface area contributed by atoms with Crippen LogP contribution in [0.4, 0.5) is 5.69 Å². The first kappa shape index (κ1) is 19.3. The summed E-state index contributed by atoms with van der Waals surface area (Å²) < 4.78 is 10.8. The minimum atomic E-state index is -0.648. The number of carbonyl (C=O) groups excluding carboxylic acids is 1. The molecule has 1 aromatic heterocycles. The van der Waals surface area contributed by atoms with E-state index >= 15 is 0 Å². The fourth-order valence-corrected chi connectivity index (χ4v) is 3.05. The van der Waals surface area contributed by atoms with Crippen molar-refractivity contribution in [3.05, 3.63) is 59.4 Å². The second kappa shape index (κ2) is 8.98. The molecule has 2 N–H and O–H groups in total. The maximum Gasteiger partial charge on any atom is 0.235 e. The Balaban J connectivity index is 1.91. The third-order valence-corrected chi connectivity index (χ3v) is 4.56. The number of anilines is 1. The molecule has 28 heavy (non-hydrogen) atoms. The molecule has 0 bridgehead atoms. The van der Waals surface area contributed by atoms with E-state index in [0.717, 1.165) is 23.2 Å². The number of nitrogens with one attached hydrogen (secondary N) is 2. The molecule has 0 spiro atoms. The highest BCUT2D eigenvalue weighted by atomic mass is 16.5. The Hall–Kier alpha value is -3.42. The smallest absolute Gasteiger partial charge is 0.235 e. The minimum Gasteiger partial charge on any atom is -0.497 e. The molecule has 0 saturated heterocycles.